The summed E-state index contributed by atoms with van der Waals surface area (Å²) in [5.74, 6) is 0.305. The van der Waals surface area contributed by atoms with Gasteiger partial charge in [-0.2, -0.15) is 0 Å². The molecular weight excluding hydrogens is 289 g/mol. The molecule has 110 valence electrons. The lowest BCUT2D eigenvalue weighted by Gasteiger charge is -2.09. The van der Waals surface area contributed by atoms with Crippen molar-refractivity contribution in [3.8, 4) is 5.75 Å². The zero-order chi connectivity index (χ0) is 15.2. The van der Waals surface area contributed by atoms with E-state index in [0.29, 0.717) is 13.2 Å². The van der Waals surface area contributed by atoms with Crippen molar-refractivity contribution >= 4 is 17.2 Å². The van der Waals surface area contributed by atoms with E-state index in [1.807, 2.05) is 24.3 Å². The van der Waals surface area contributed by atoms with Crippen LogP contribution in [0.25, 0.3) is 0 Å². The molecule has 0 spiro atoms. The first-order valence-electron chi connectivity index (χ1n) is 6.39. The number of benzene rings is 2. The standard InChI is InChI=1S/C16H16FNO2S/c1-19-9-11-3-2-4-13(7-11)20-10-12-5-6-15(17)14(8-12)16(18)21/h2-8H,9-10H2,1H3,(H2,18,21). The molecule has 0 amide bonds. The summed E-state index contributed by atoms with van der Waals surface area (Å²) in [4.78, 5) is 0.0384. The Morgan fingerprint density at radius 3 is 2.62 bits per heavy atom. The molecule has 2 aromatic rings. The van der Waals surface area contributed by atoms with E-state index in [9.17, 15) is 4.39 Å². The van der Waals surface area contributed by atoms with Crippen LogP contribution < -0.4 is 10.5 Å². The lowest BCUT2D eigenvalue weighted by atomic mass is 10.1. The molecular formula is C16H16FNO2S. The quantitative estimate of drug-likeness (QED) is 0.833. The van der Waals surface area contributed by atoms with Crippen LogP contribution in [0.3, 0.4) is 0 Å². The van der Waals surface area contributed by atoms with Crippen molar-refractivity contribution in [3.63, 3.8) is 0 Å². The van der Waals surface area contributed by atoms with Crippen LogP contribution in [0.2, 0.25) is 0 Å². The van der Waals surface area contributed by atoms with E-state index in [1.165, 1.54) is 6.07 Å². The van der Waals surface area contributed by atoms with Gasteiger partial charge in [0.15, 0.2) is 0 Å². The molecule has 0 heterocycles. The minimum Gasteiger partial charge on any atom is -0.489 e. The predicted octanol–water partition coefficient (Wildman–Crippen LogP) is 3.19. The summed E-state index contributed by atoms with van der Waals surface area (Å²) in [6, 6.07) is 12.2. The Labute approximate surface area is 128 Å². The predicted molar refractivity (Wildman–Crippen MR) is 83.8 cm³/mol. The summed E-state index contributed by atoms with van der Waals surface area (Å²) in [6.07, 6.45) is 0. The summed E-state index contributed by atoms with van der Waals surface area (Å²) in [7, 11) is 1.64. The molecule has 0 aromatic heterocycles. The Kier molecular flexibility index (Phi) is 5.25. The van der Waals surface area contributed by atoms with Gasteiger partial charge in [0.2, 0.25) is 0 Å². The van der Waals surface area contributed by atoms with Crippen molar-refractivity contribution in [3.05, 3.63) is 65.0 Å². The van der Waals surface area contributed by atoms with Crippen LogP contribution in [0.15, 0.2) is 42.5 Å². The van der Waals surface area contributed by atoms with Gasteiger partial charge >= 0.3 is 0 Å². The van der Waals surface area contributed by atoms with Crippen LogP contribution in [-0.4, -0.2) is 12.1 Å². The summed E-state index contributed by atoms with van der Waals surface area (Å²) in [5, 5.41) is 0. The largest absolute Gasteiger partial charge is 0.489 e. The smallest absolute Gasteiger partial charge is 0.133 e. The number of nitrogens with two attached hydrogens (primary N) is 1. The van der Waals surface area contributed by atoms with Crippen molar-refractivity contribution in [2.75, 3.05) is 7.11 Å². The van der Waals surface area contributed by atoms with Crippen LogP contribution in [0.4, 0.5) is 4.39 Å². The van der Waals surface area contributed by atoms with Crippen LogP contribution in [0.5, 0.6) is 5.75 Å². The number of ether oxygens (including phenoxy) is 2. The minimum atomic E-state index is -0.423. The molecule has 0 aliphatic heterocycles. The first kappa shape index (κ1) is 15.4. The van der Waals surface area contributed by atoms with E-state index in [1.54, 1.807) is 19.2 Å². The Morgan fingerprint density at radius 1 is 1.14 bits per heavy atom. The summed E-state index contributed by atoms with van der Waals surface area (Å²) in [6.45, 7) is 0.839. The van der Waals surface area contributed by atoms with Gasteiger partial charge in [-0.3, -0.25) is 0 Å². The molecule has 0 radical (unpaired) electrons. The van der Waals surface area contributed by atoms with Crippen molar-refractivity contribution in [1.82, 2.24) is 0 Å². The van der Waals surface area contributed by atoms with E-state index in [-0.39, 0.29) is 10.6 Å². The normalized spacial score (nSPS) is 10.4. The Bertz CT molecular complexity index is 646. The fourth-order valence-corrected chi connectivity index (χ4v) is 2.07. The highest BCUT2D eigenvalue weighted by Crippen LogP contribution is 2.17. The van der Waals surface area contributed by atoms with E-state index in [2.05, 4.69) is 0 Å². The second-order valence-electron chi connectivity index (χ2n) is 4.55. The lowest BCUT2D eigenvalue weighted by molar-refractivity contribution is 0.184. The maximum absolute atomic E-state index is 13.5. The molecule has 0 aliphatic rings. The monoisotopic (exact) mass is 305 g/mol. The highest BCUT2D eigenvalue weighted by Gasteiger charge is 2.07. The third-order valence-electron chi connectivity index (χ3n) is 2.91. The third-order valence-corrected chi connectivity index (χ3v) is 3.13. The number of halogens is 1. The first-order chi connectivity index (χ1) is 10.1. The molecule has 0 saturated carbocycles. The Balaban J connectivity index is 2.07. The molecule has 0 aliphatic carbocycles. The fraction of sp³-hybridized carbons (Fsp3) is 0.188. The van der Waals surface area contributed by atoms with Gasteiger partial charge in [-0.15, -0.1) is 0 Å². The molecule has 0 bridgehead atoms. The zero-order valence-corrected chi connectivity index (χ0v) is 12.5. The van der Waals surface area contributed by atoms with Gasteiger partial charge < -0.3 is 15.2 Å². The summed E-state index contributed by atoms with van der Waals surface area (Å²) >= 11 is 4.82. The van der Waals surface area contributed by atoms with E-state index < -0.39 is 5.82 Å². The zero-order valence-electron chi connectivity index (χ0n) is 11.6. The van der Waals surface area contributed by atoms with Gasteiger partial charge in [0.1, 0.15) is 23.2 Å². The van der Waals surface area contributed by atoms with E-state index in [4.69, 9.17) is 27.4 Å². The summed E-state index contributed by atoms with van der Waals surface area (Å²) in [5.41, 5.74) is 7.54. The number of methoxy groups -OCH3 is 1. The van der Waals surface area contributed by atoms with Gasteiger partial charge in [0, 0.05) is 12.7 Å². The minimum absolute atomic E-state index is 0.0384. The van der Waals surface area contributed by atoms with Crippen LogP contribution in [0, 0.1) is 5.82 Å². The van der Waals surface area contributed by atoms with Crippen LogP contribution >= 0.6 is 12.2 Å². The third kappa shape index (κ3) is 4.24. The second kappa shape index (κ2) is 7.15. The topological polar surface area (TPSA) is 44.5 Å². The molecule has 5 heteroatoms. The molecule has 2 N–H and O–H groups in total. The highest BCUT2D eigenvalue weighted by atomic mass is 32.1. The Hall–Kier alpha value is -1.98. The Morgan fingerprint density at radius 2 is 1.90 bits per heavy atom. The number of thiocarbonyl (C=S) groups is 1. The average molecular weight is 305 g/mol. The SMILES string of the molecule is COCc1cccc(OCc2ccc(F)c(C(N)=S)c2)c1. The van der Waals surface area contributed by atoms with Gasteiger partial charge in [0.05, 0.1) is 6.61 Å². The number of rotatable bonds is 6. The maximum Gasteiger partial charge on any atom is 0.133 e. The van der Waals surface area contributed by atoms with Crippen molar-refractivity contribution in [2.24, 2.45) is 5.73 Å². The van der Waals surface area contributed by atoms with Gasteiger partial charge in [0.25, 0.3) is 0 Å². The molecule has 0 fully saturated rings. The van der Waals surface area contributed by atoms with Crippen molar-refractivity contribution in [2.45, 2.75) is 13.2 Å². The molecule has 2 aromatic carbocycles. The molecule has 0 saturated heterocycles. The summed E-state index contributed by atoms with van der Waals surface area (Å²) < 4.78 is 24.3. The van der Waals surface area contributed by atoms with E-state index in [0.717, 1.165) is 16.9 Å². The van der Waals surface area contributed by atoms with Gasteiger partial charge in [-0.05, 0) is 35.4 Å². The van der Waals surface area contributed by atoms with Crippen molar-refractivity contribution < 1.29 is 13.9 Å². The van der Waals surface area contributed by atoms with Gasteiger partial charge in [-0.25, -0.2) is 4.39 Å². The molecule has 0 atom stereocenters. The van der Waals surface area contributed by atoms with Gasteiger partial charge in [-0.1, -0.05) is 30.4 Å². The van der Waals surface area contributed by atoms with Crippen LogP contribution in [-0.2, 0) is 18.0 Å². The van der Waals surface area contributed by atoms with E-state index >= 15 is 0 Å². The highest BCUT2D eigenvalue weighted by molar-refractivity contribution is 7.80. The average Bonchev–Trinajstić information content (AvgIpc) is 2.47. The molecule has 2 rings (SSSR count). The number of hydrogen-bond acceptors (Lipinski definition) is 3. The fourth-order valence-electron chi connectivity index (χ4n) is 1.91. The van der Waals surface area contributed by atoms with Crippen LogP contribution in [0.1, 0.15) is 16.7 Å². The molecule has 21 heavy (non-hydrogen) atoms. The maximum atomic E-state index is 13.5. The lowest BCUT2D eigenvalue weighted by Crippen LogP contribution is -2.12. The second-order valence-corrected chi connectivity index (χ2v) is 4.99. The number of hydrogen-bond donors (Lipinski definition) is 1. The first-order valence-corrected chi connectivity index (χ1v) is 6.80. The molecule has 3 nitrogen and oxygen atoms in total. The molecule has 0 unspecified atom stereocenters. The van der Waals surface area contributed by atoms with Crippen molar-refractivity contribution in [1.29, 1.82) is 0 Å².